The SMILES string of the molecule is Cc1ccc(C(=N)/C=C(\N)C=O)cc1. The van der Waals surface area contributed by atoms with E-state index in [-0.39, 0.29) is 11.4 Å². The monoisotopic (exact) mass is 188 g/mol. The van der Waals surface area contributed by atoms with Crippen LogP contribution in [0.2, 0.25) is 0 Å². The van der Waals surface area contributed by atoms with Crippen molar-refractivity contribution in [2.24, 2.45) is 5.73 Å². The van der Waals surface area contributed by atoms with Crippen LogP contribution < -0.4 is 5.73 Å². The Labute approximate surface area is 82.8 Å². The molecule has 14 heavy (non-hydrogen) atoms. The molecule has 0 fully saturated rings. The molecule has 0 spiro atoms. The first-order valence-electron chi connectivity index (χ1n) is 4.21. The van der Waals surface area contributed by atoms with E-state index in [0.717, 1.165) is 11.1 Å². The van der Waals surface area contributed by atoms with E-state index in [9.17, 15) is 4.79 Å². The number of benzene rings is 1. The number of carbonyl (C=O) groups is 1. The summed E-state index contributed by atoms with van der Waals surface area (Å²) >= 11 is 0. The Morgan fingerprint density at radius 2 is 1.93 bits per heavy atom. The lowest BCUT2D eigenvalue weighted by molar-refractivity contribution is -0.104. The van der Waals surface area contributed by atoms with Gasteiger partial charge in [0.15, 0.2) is 6.29 Å². The van der Waals surface area contributed by atoms with E-state index in [2.05, 4.69) is 0 Å². The molecule has 0 unspecified atom stereocenters. The molecule has 0 heterocycles. The Hall–Kier alpha value is -1.90. The van der Waals surface area contributed by atoms with Crippen molar-refractivity contribution < 1.29 is 4.79 Å². The second kappa shape index (κ2) is 4.37. The van der Waals surface area contributed by atoms with Crippen LogP contribution in [0.4, 0.5) is 0 Å². The lowest BCUT2D eigenvalue weighted by atomic mass is 10.1. The molecule has 1 aromatic carbocycles. The van der Waals surface area contributed by atoms with E-state index in [1.165, 1.54) is 6.08 Å². The molecular formula is C11H12N2O. The van der Waals surface area contributed by atoms with E-state index >= 15 is 0 Å². The average Bonchev–Trinajstić information content (AvgIpc) is 2.18. The molecule has 0 atom stereocenters. The molecule has 72 valence electrons. The number of rotatable bonds is 3. The largest absolute Gasteiger partial charge is 0.396 e. The molecular weight excluding hydrogens is 176 g/mol. The highest BCUT2D eigenvalue weighted by Crippen LogP contribution is 2.04. The van der Waals surface area contributed by atoms with Gasteiger partial charge in [-0.1, -0.05) is 29.8 Å². The van der Waals surface area contributed by atoms with Crippen LogP contribution in [0.15, 0.2) is 36.0 Å². The van der Waals surface area contributed by atoms with Crippen LogP contribution in [-0.2, 0) is 4.79 Å². The number of aryl methyl sites for hydroxylation is 1. The molecule has 0 saturated carbocycles. The maximum Gasteiger partial charge on any atom is 0.165 e. The van der Waals surface area contributed by atoms with Crippen LogP contribution in [0.3, 0.4) is 0 Å². The quantitative estimate of drug-likeness (QED) is 0.428. The second-order valence-corrected chi connectivity index (χ2v) is 3.04. The first-order valence-corrected chi connectivity index (χ1v) is 4.21. The predicted molar refractivity (Wildman–Crippen MR) is 56.3 cm³/mol. The zero-order valence-electron chi connectivity index (χ0n) is 7.95. The summed E-state index contributed by atoms with van der Waals surface area (Å²) in [6.07, 6.45) is 1.88. The predicted octanol–water partition coefficient (Wildman–Crippen LogP) is 1.40. The summed E-state index contributed by atoms with van der Waals surface area (Å²) in [5.74, 6) is 0. The molecule has 3 nitrogen and oxygen atoms in total. The van der Waals surface area contributed by atoms with Crippen molar-refractivity contribution in [3.63, 3.8) is 0 Å². The number of nitrogens with two attached hydrogens (primary N) is 1. The normalized spacial score (nSPS) is 11.1. The van der Waals surface area contributed by atoms with Gasteiger partial charge in [0.2, 0.25) is 0 Å². The maximum absolute atomic E-state index is 10.2. The summed E-state index contributed by atoms with van der Waals surface area (Å²) < 4.78 is 0. The van der Waals surface area contributed by atoms with Gasteiger partial charge in [-0.3, -0.25) is 4.79 Å². The van der Waals surface area contributed by atoms with Crippen molar-refractivity contribution >= 4 is 12.0 Å². The fourth-order valence-corrected chi connectivity index (χ4v) is 1.02. The Morgan fingerprint density at radius 3 is 2.43 bits per heavy atom. The highest BCUT2D eigenvalue weighted by atomic mass is 16.1. The molecule has 0 aromatic heterocycles. The first kappa shape index (κ1) is 10.2. The topological polar surface area (TPSA) is 66.9 Å². The Kier molecular flexibility index (Phi) is 3.18. The van der Waals surface area contributed by atoms with Gasteiger partial charge in [-0.25, -0.2) is 0 Å². The van der Waals surface area contributed by atoms with Gasteiger partial charge < -0.3 is 11.1 Å². The second-order valence-electron chi connectivity index (χ2n) is 3.04. The zero-order valence-corrected chi connectivity index (χ0v) is 7.95. The van der Waals surface area contributed by atoms with Crippen molar-refractivity contribution in [1.82, 2.24) is 0 Å². The fourth-order valence-electron chi connectivity index (χ4n) is 1.02. The number of hydrogen-bond acceptors (Lipinski definition) is 3. The van der Waals surface area contributed by atoms with Gasteiger partial charge in [-0.05, 0) is 18.6 Å². The summed E-state index contributed by atoms with van der Waals surface area (Å²) in [5.41, 5.74) is 7.49. The third kappa shape index (κ3) is 2.55. The summed E-state index contributed by atoms with van der Waals surface area (Å²) in [6, 6.07) is 7.47. The number of carbonyl (C=O) groups excluding carboxylic acids is 1. The van der Waals surface area contributed by atoms with Crippen LogP contribution >= 0.6 is 0 Å². The molecule has 3 heteroatoms. The van der Waals surface area contributed by atoms with Crippen LogP contribution in [-0.4, -0.2) is 12.0 Å². The highest BCUT2D eigenvalue weighted by molar-refractivity contribution is 6.08. The Bertz CT molecular complexity index is 377. The van der Waals surface area contributed by atoms with Gasteiger partial charge in [-0.15, -0.1) is 0 Å². The van der Waals surface area contributed by atoms with Gasteiger partial charge in [0.05, 0.1) is 11.4 Å². The van der Waals surface area contributed by atoms with Crippen LogP contribution in [0, 0.1) is 12.3 Å². The summed E-state index contributed by atoms with van der Waals surface area (Å²) in [7, 11) is 0. The van der Waals surface area contributed by atoms with Gasteiger partial charge in [0, 0.05) is 0 Å². The first-order chi connectivity index (χ1) is 6.63. The third-order valence-corrected chi connectivity index (χ3v) is 1.81. The van der Waals surface area contributed by atoms with Crippen molar-refractivity contribution in [2.45, 2.75) is 6.92 Å². The van der Waals surface area contributed by atoms with Gasteiger partial charge >= 0.3 is 0 Å². The molecule has 0 amide bonds. The van der Waals surface area contributed by atoms with Crippen molar-refractivity contribution in [1.29, 1.82) is 5.41 Å². The molecule has 0 bridgehead atoms. The minimum atomic E-state index is 0.0653. The highest BCUT2D eigenvalue weighted by Gasteiger charge is 1.98. The van der Waals surface area contributed by atoms with Crippen LogP contribution in [0.1, 0.15) is 11.1 Å². The minimum absolute atomic E-state index is 0.0653. The van der Waals surface area contributed by atoms with Crippen LogP contribution in [0.25, 0.3) is 0 Å². The molecule has 0 saturated heterocycles. The standard InChI is InChI=1S/C11H12N2O/c1-8-2-4-9(5-3-8)11(13)6-10(12)7-14/h2-7,13H,12H2,1H3/b10-6-,13-11?. The van der Waals surface area contributed by atoms with Crippen LogP contribution in [0.5, 0.6) is 0 Å². The Balaban J connectivity index is 2.90. The fraction of sp³-hybridized carbons (Fsp3) is 0.0909. The van der Waals surface area contributed by atoms with Crippen molar-refractivity contribution in [2.75, 3.05) is 0 Å². The number of hydrogen-bond donors (Lipinski definition) is 2. The average molecular weight is 188 g/mol. The van der Waals surface area contributed by atoms with E-state index in [4.69, 9.17) is 11.1 Å². The van der Waals surface area contributed by atoms with E-state index in [1.807, 2.05) is 31.2 Å². The minimum Gasteiger partial charge on any atom is -0.396 e. The van der Waals surface area contributed by atoms with Gasteiger partial charge in [0.25, 0.3) is 0 Å². The number of nitrogens with one attached hydrogen (secondary N) is 1. The lowest BCUT2D eigenvalue weighted by Crippen LogP contribution is -2.03. The summed E-state index contributed by atoms with van der Waals surface area (Å²) in [5, 5.41) is 7.62. The molecule has 1 rings (SSSR count). The zero-order chi connectivity index (χ0) is 10.6. The summed E-state index contributed by atoms with van der Waals surface area (Å²) in [4.78, 5) is 10.2. The molecule has 3 N–H and O–H groups in total. The molecule has 1 aromatic rings. The molecule has 0 aliphatic rings. The van der Waals surface area contributed by atoms with E-state index in [0.29, 0.717) is 6.29 Å². The Morgan fingerprint density at radius 1 is 1.36 bits per heavy atom. The lowest BCUT2D eigenvalue weighted by Gasteiger charge is -1.99. The van der Waals surface area contributed by atoms with E-state index in [1.54, 1.807) is 0 Å². The number of aldehydes is 1. The van der Waals surface area contributed by atoms with Gasteiger partial charge in [-0.2, -0.15) is 0 Å². The van der Waals surface area contributed by atoms with Crippen molar-refractivity contribution in [3.8, 4) is 0 Å². The molecule has 0 aliphatic carbocycles. The van der Waals surface area contributed by atoms with E-state index < -0.39 is 0 Å². The molecule has 0 radical (unpaired) electrons. The smallest absolute Gasteiger partial charge is 0.165 e. The maximum atomic E-state index is 10.2. The van der Waals surface area contributed by atoms with Crippen molar-refractivity contribution in [3.05, 3.63) is 47.2 Å². The van der Waals surface area contributed by atoms with Gasteiger partial charge in [0.1, 0.15) is 0 Å². The third-order valence-electron chi connectivity index (χ3n) is 1.81. The number of allylic oxidation sites excluding steroid dienone is 2. The molecule has 0 aliphatic heterocycles. The summed E-state index contributed by atoms with van der Waals surface area (Å²) in [6.45, 7) is 1.98.